The number of benzene rings is 12. The van der Waals surface area contributed by atoms with Gasteiger partial charge in [-0.3, -0.25) is 4.57 Å². The molecular formula is C83H51N9O2. The van der Waals surface area contributed by atoms with Crippen molar-refractivity contribution >= 4 is 87.5 Å². The van der Waals surface area contributed by atoms with Gasteiger partial charge in [0.1, 0.15) is 28.1 Å². The van der Waals surface area contributed by atoms with Crippen molar-refractivity contribution in [1.82, 2.24) is 44.0 Å². The van der Waals surface area contributed by atoms with E-state index in [9.17, 15) is 0 Å². The van der Waals surface area contributed by atoms with Gasteiger partial charge < -0.3 is 13.4 Å². The van der Waals surface area contributed by atoms with Crippen LogP contribution in [0.25, 0.3) is 178 Å². The van der Waals surface area contributed by atoms with E-state index in [0.717, 1.165) is 104 Å². The molecule has 0 saturated heterocycles. The largest absolute Gasteiger partial charge is 0.456 e. The van der Waals surface area contributed by atoms with E-state index in [-0.39, 0.29) is 52.1 Å². The number of hydrogen-bond donors (Lipinski definition) is 0. The highest BCUT2D eigenvalue weighted by molar-refractivity contribution is 6.19. The van der Waals surface area contributed by atoms with E-state index in [1.165, 1.54) is 6.20 Å². The maximum atomic E-state index is 8.69. The average molecular weight is 1220 g/mol. The monoisotopic (exact) mass is 1220 g/mol. The van der Waals surface area contributed by atoms with E-state index >= 15 is 0 Å². The second kappa shape index (κ2) is 22.5. The van der Waals surface area contributed by atoms with Gasteiger partial charge in [-0.05, 0) is 83.9 Å². The molecule has 12 aromatic carbocycles. The van der Waals surface area contributed by atoms with Crippen molar-refractivity contribution in [2.75, 3.05) is 0 Å². The van der Waals surface area contributed by atoms with E-state index in [1.807, 2.05) is 168 Å². The Hall–Kier alpha value is -13.0. The summed E-state index contributed by atoms with van der Waals surface area (Å²) in [7, 11) is 0. The molecule has 19 rings (SSSR count). The Morgan fingerprint density at radius 3 is 1.11 bits per heavy atom. The third kappa shape index (κ3) is 9.50. The Morgan fingerprint density at radius 2 is 0.628 bits per heavy atom. The summed E-state index contributed by atoms with van der Waals surface area (Å²) in [5.74, 6) is 0.389. The van der Waals surface area contributed by atoms with Gasteiger partial charge in [0.15, 0.2) is 34.9 Å². The lowest BCUT2D eigenvalue weighted by Gasteiger charge is -2.11. The first kappa shape index (κ1) is 40.6. The van der Waals surface area contributed by atoms with Crippen molar-refractivity contribution in [3.05, 3.63) is 309 Å². The summed E-state index contributed by atoms with van der Waals surface area (Å²) in [5.41, 5.74) is 10.9. The second-order valence-corrected chi connectivity index (χ2v) is 22.1. The van der Waals surface area contributed by atoms with Crippen LogP contribution in [0.5, 0.6) is 0 Å². The summed E-state index contributed by atoms with van der Waals surface area (Å²) in [6.07, 6.45) is 1.50. The fourth-order valence-corrected chi connectivity index (χ4v) is 12.3. The molecular weight excluding hydrogens is 1150 g/mol. The molecule has 0 N–H and O–H groups in total. The van der Waals surface area contributed by atoms with Crippen LogP contribution in [-0.2, 0) is 0 Å². The summed E-state index contributed by atoms with van der Waals surface area (Å²) >= 11 is 0. The Morgan fingerprint density at radius 1 is 0.255 bits per heavy atom. The van der Waals surface area contributed by atoms with Crippen molar-refractivity contribution in [2.24, 2.45) is 0 Å². The zero-order chi connectivity index (χ0) is 75.1. The standard InChI is InChI=1S/C45H28N4O.C38H23N5O/c1-3-11-29(12-4-1)30-19-21-32(22-20-30)44-46-43(31-13-5-2-6-14-31)47-45(48-44)33-23-25-34(26-24-33)49-39-17-9-7-15-35(39)37-27-38-36-16-8-10-18-41(36)50-42(38)28-40(37)49;1-3-11-24(12-4-1)36-40-37(25-13-5-2-6-14-25)42-38(41-36)26-19-20-35(39-23-26)43-31-17-9-7-15-27(31)29-21-30-28-16-8-10-18-33(28)44-34(30)22-32(29)43/h1-28H;1-23H/i2D,5D,6D,13D,14D;1D,2D,3D,4D,5D,6D,11D,12D,13D,14D. The van der Waals surface area contributed by atoms with Gasteiger partial charge in [-0.2, -0.15) is 0 Å². The first-order valence-electron chi connectivity index (χ1n) is 37.4. The molecule has 0 saturated carbocycles. The molecule has 7 aromatic heterocycles. The van der Waals surface area contributed by atoms with Crippen molar-refractivity contribution in [3.63, 3.8) is 0 Å². The molecule has 0 aliphatic heterocycles. The van der Waals surface area contributed by atoms with Crippen LogP contribution >= 0.6 is 0 Å². The number of pyridine rings is 1. The molecule has 0 aliphatic carbocycles. The van der Waals surface area contributed by atoms with Gasteiger partial charge in [-0.25, -0.2) is 34.9 Å². The van der Waals surface area contributed by atoms with Crippen LogP contribution in [-0.4, -0.2) is 44.0 Å². The molecule has 0 bridgehead atoms. The molecule has 0 atom stereocenters. The van der Waals surface area contributed by atoms with Crippen LogP contribution in [0, 0.1) is 0 Å². The van der Waals surface area contributed by atoms with Crippen LogP contribution in [0.3, 0.4) is 0 Å². The fraction of sp³-hybridized carbons (Fsp3) is 0. The molecule has 0 amide bonds. The van der Waals surface area contributed by atoms with E-state index < -0.39 is 78.6 Å². The van der Waals surface area contributed by atoms with E-state index in [0.29, 0.717) is 34.2 Å². The van der Waals surface area contributed by atoms with Crippen LogP contribution < -0.4 is 0 Å². The van der Waals surface area contributed by atoms with Gasteiger partial charge in [0.05, 0.1) is 42.6 Å². The molecule has 440 valence electrons. The minimum atomic E-state index is -0.616. The van der Waals surface area contributed by atoms with E-state index in [1.54, 1.807) is 12.1 Å². The van der Waals surface area contributed by atoms with Gasteiger partial charge in [-0.1, -0.05) is 218 Å². The minimum absolute atomic E-state index is 0.00883. The SMILES string of the molecule is [2H]c1c([2H])c([2H])c(-c2nc(-c3ccc(-c4ccccc4)cc3)nc(-c3ccc(-n4c5ccccc5c5cc6c(cc54)oc4ccccc46)cc3)n2)c([2H])c1[2H].[2H]c1c([2H])c([2H])c(-c2nc(-c3ccc(-n4c5ccccc5c5cc6c(cc54)oc4ccccc46)nc3)nc(-c3c([2H])c([2H])c([2H])c([2H])c3[2H])n2)c([2H])c1[2H]. The molecule has 11 nitrogen and oxygen atoms in total. The summed E-state index contributed by atoms with van der Waals surface area (Å²) in [6.45, 7) is 0. The smallest absolute Gasteiger partial charge is 0.165 e. The van der Waals surface area contributed by atoms with Gasteiger partial charge >= 0.3 is 0 Å². The molecule has 0 unspecified atom stereocenters. The summed E-state index contributed by atoms with van der Waals surface area (Å²) in [5, 5.41) is 8.39. The van der Waals surface area contributed by atoms with Gasteiger partial charge in [-0.15, -0.1) is 0 Å². The Labute approximate surface area is 559 Å². The number of furan rings is 2. The first-order valence-corrected chi connectivity index (χ1v) is 29.9. The van der Waals surface area contributed by atoms with E-state index in [2.05, 4.69) is 55.9 Å². The van der Waals surface area contributed by atoms with Crippen LogP contribution in [0.15, 0.2) is 318 Å². The van der Waals surface area contributed by atoms with Crippen molar-refractivity contribution in [1.29, 1.82) is 0 Å². The van der Waals surface area contributed by atoms with Crippen LogP contribution in [0.2, 0.25) is 0 Å². The fourth-order valence-electron chi connectivity index (χ4n) is 12.3. The third-order valence-electron chi connectivity index (χ3n) is 16.7. The van der Waals surface area contributed by atoms with Gasteiger partial charge in [0, 0.05) is 100 Å². The zero-order valence-electron chi connectivity index (χ0n) is 64.1. The molecule has 11 heteroatoms. The molecule has 0 aliphatic rings. The minimum Gasteiger partial charge on any atom is -0.456 e. The van der Waals surface area contributed by atoms with Crippen molar-refractivity contribution in [3.8, 4) is 91.0 Å². The highest BCUT2D eigenvalue weighted by atomic mass is 16.3. The maximum Gasteiger partial charge on any atom is 0.165 e. The first-order chi connectivity index (χ1) is 52.8. The van der Waals surface area contributed by atoms with Gasteiger partial charge in [0.25, 0.3) is 0 Å². The number of fused-ring (bicyclic) bond motifs is 12. The summed E-state index contributed by atoms with van der Waals surface area (Å²) in [6, 6.07) is 61.6. The highest BCUT2D eigenvalue weighted by Crippen LogP contribution is 2.41. The lowest BCUT2D eigenvalue weighted by Crippen LogP contribution is -2.01. The number of nitrogens with zero attached hydrogens (tertiary/aromatic N) is 9. The summed E-state index contributed by atoms with van der Waals surface area (Å²) < 4.78 is 142. The number of hydrogen-bond acceptors (Lipinski definition) is 9. The zero-order valence-corrected chi connectivity index (χ0v) is 49.1. The lowest BCUT2D eigenvalue weighted by molar-refractivity contribution is 0.669. The topological polar surface area (TPSA) is 126 Å². The average Bonchev–Trinajstić information content (AvgIpc) is 1.60. The molecule has 0 radical (unpaired) electrons. The Kier molecular flexibility index (Phi) is 9.72. The lowest BCUT2D eigenvalue weighted by atomic mass is 10.0. The number of aromatic nitrogens is 9. The third-order valence-corrected chi connectivity index (χ3v) is 16.7. The number of para-hydroxylation sites is 4. The summed E-state index contributed by atoms with van der Waals surface area (Å²) in [4.78, 5) is 32.4. The maximum absolute atomic E-state index is 8.69. The molecule has 7 heterocycles. The predicted molar refractivity (Wildman–Crippen MR) is 379 cm³/mol. The molecule has 0 spiro atoms. The predicted octanol–water partition coefficient (Wildman–Crippen LogP) is 20.8. The molecule has 0 fully saturated rings. The second-order valence-electron chi connectivity index (χ2n) is 22.1. The normalized spacial score (nSPS) is 13.9. The number of rotatable bonds is 9. The Balaban J connectivity index is 0.000000153. The van der Waals surface area contributed by atoms with E-state index in [4.69, 9.17) is 49.3 Å². The van der Waals surface area contributed by atoms with Crippen LogP contribution in [0.1, 0.15) is 20.6 Å². The van der Waals surface area contributed by atoms with Crippen LogP contribution in [0.4, 0.5) is 0 Å². The van der Waals surface area contributed by atoms with Crippen molar-refractivity contribution in [2.45, 2.75) is 0 Å². The highest BCUT2D eigenvalue weighted by Gasteiger charge is 2.21. The quantitative estimate of drug-likeness (QED) is 0.139. The molecule has 94 heavy (non-hydrogen) atoms. The Bertz CT molecular complexity index is 6880. The van der Waals surface area contributed by atoms with Crippen molar-refractivity contribution < 1.29 is 29.4 Å². The molecule has 19 aromatic rings. The van der Waals surface area contributed by atoms with Gasteiger partial charge in [0.2, 0.25) is 0 Å².